The monoisotopic (exact) mass is 1040 g/mol. The van der Waals surface area contributed by atoms with Crippen molar-refractivity contribution in [3.8, 4) is 11.5 Å². The molecule has 8 nitrogen and oxygen atoms in total. The number of fused-ring (bicyclic) bond motifs is 1. The summed E-state index contributed by atoms with van der Waals surface area (Å²) < 4.78 is 21.6. The molecule has 2 aliphatic heterocycles. The third-order valence-corrected chi connectivity index (χ3v) is 11.9. The van der Waals surface area contributed by atoms with Crippen LogP contribution in [0.25, 0.3) is 10.8 Å². The van der Waals surface area contributed by atoms with E-state index in [2.05, 4.69) is 128 Å². The van der Waals surface area contributed by atoms with Crippen molar-refractivity contribution in [1.82, 2.24) is 14.8 Å². The molecule has 2 fully saturated rings. The number of hydrogen-bond donors (Lipinski definition) is 0. The molecule has 0 saturated carbocycles. The smallest absolute Gasteiger partial charge is 0.260 e. The fourth-order valence-electron chi connectivity index (χ4n) is 6.32. The van der Waals surface area contributed by atoms with Gasteiger partial charge in [-0.15, -0.1) is 23.5 Å². The van der Waals surface area contributed by atoms with Crippen LogP contribution < -0.4 is 9.47 Å². The zero-order chi connectivity index (χ0) is 48.6. The van der Waals surface area contributed by atoms with Gasteiger partial charge >= 0.3 is 0 Å². The van der Waals surface area contributed by atoms with Crippen LogP contribution in [0, 0.1) is 40.7 Å². The first-order valence-electron chi connectivity index (χ1n) is 23.1. The van der Waals surface area contributed by atoms with E-state index in [9.17, 15) is 4.79 Å². The Hall–Kier alpha value is -4.52. The quantitative estimate of drug-likeness (QED) is 0.104. The van der Waals surface area contributed by atoms with E-state index in [0.717, 1.165) is 51.0 Å². The summed E-state index contributed by atoms with van der Waals surface area (Å²) >= 11 is 3.56. The van der Waals surface area contributed by atoms with Crippen LogP contribution in [0.3, 0.4) is 0 Å². The fourth-order valence-corrected chi connectivity index (χ4v) is 7.18. The Balaban J connectivity index is 0.000000226. The van der Waals surface area contributed by atoms with Crippen molar-refractivity contribution in [1.29, 1.82) is 0 Å². The summed E-state index contributed by atoms with van der Waals surface area (Å²) in [5.74, 6) is 1.71. The molecule has 1 aromatic heterocycles. The van der Waals surface area contributed by atoms with Crippen molar-refractivity contribution in [2.45, 2.75) is 44.4 Å². The average molecular weight is 1040 g/mol. The van der Waals surface area contributed by atoms with Crippen LogP contribution in [-0.4, -0.2) is 106 Å². The summed E-state index contributed by atoms with van der Waals surface area (Å²) in [7, 11) is 0. The Labute approximate surface area is 446 Å². The van der Waals surface area contributed by atoms with Gasteiger partial charge in [-0.3, -0.25) is 14.7 Å². The van der Waals surface area contributed by atoms with E-state index in [0.29, 0.717) is 26.3 Å². The number of pyridine rings is 1. The topological polar surface area (TPSA) is 73.4 Å². The number of carbonyl (C=O) groups excluding carboxylic acids is 1. The van der Waals surface area contributed by atoms with E-state index < -0.39 is 0 Å². The molecule has 0 bridgehead atoms. The van der Waals surface area contributed by atoms with E-state index in [1.807, 2.05) is 92.8 Å². The second kappa shape index (κ2) is 35.6. The van der Waals surface area contributed by atoms with E-state index in [-0.39, 0.29) is 45.2 Å². The van der Waals surface area contributed by atoms with Gasteiger partial charge in [-0.2, -0.15) is 35.9 Å². The van der Waals surface area contributed by atoms with Crippen LogP contribution in [0.5, 0.6) is 11.5 Å². The van der Waals surface area contributed by atoms with Gasteiger partial charge in [-0.1, -0.05) is 96.4 Å². The molecule has 6 aromatic carbocycles. The number of hydrogen-bond acceptors (Lipinski definition) is 9. The van der Waals surface area contributed by atoms with E-state index in [1.165, 1.54) is 48.4 Å². The Kier molecular flexibility index (Phi) is 30.3. The van der Waals surface area contributed by atoms with Gasteiger partial charge in [-0.25, -0.2) is 0 Å². The molecule has 9 rings (SSSR count). The number of nitrogens with zero attached hydrogens (tertiary/aromatic N) is 3. The van der Waals surface area contributed by atoms with Crippen molar-refractivity contribution in [2.24, 2.45) is 0 Å². The molecule has 0 spiro atoms. The van der Waals surface area contributed by atoms with Crippen molar-refractivity contribution < 1.29 is 56.5 Å². The first-order valence-corrected chi connectivity index (χ1v) is 25.5. The Bertz CT molecular complexity index is 2350. The summed E-state index contributed by atoms with van der Waals surface area (Å²) in [5.41, 5.74) is 6.27. The zero-order valence-corrected chi connectivity index (χ0v) is 46.1. The number of rotatable bonds is 9. The molecule has 0 aliphatic carbocycles. The normalized spacial score (nSPS) is 12.7. The minimum atomic E-state index is 0. The minimum absolute atomic E-state index is 0. The van der Waals surface area contributed by atoms with Crippen LogP contribution in [0.1, 0.15) is 27.8 Å². The SMILES string of the molecule is CSc1ccc(C)cc1.CSc1ccc2ccccc2c1.Cc1cc[c-]cc1.Cc1ccc(OCC(=O)N2CCOCC2)cc1.Cc1ccc(OCCN2CCOCC2)cc1.Cc1cccnc1.[Y]. The molecule has 1 radical (unpaired) electrons. The molecule has 363 valence electrons. The maximum atomic E-state index is 11.8. The maximum Gasteiger partial charge on any atom is 0.260 e. The molecule has 69 heavy (non-hydrogen) atoms. The molecule has 11 heteroatoms. The van der Waals surface area contributed by atoms with Gasteiger partial charge < -0.3 is 23.8 Å². The molecular formula is C58H70N3O5S2Y-. The van der Waals surface area contributed by atoms with Crippen molar-refractivity contribution in [3.05, 3.63) is 198 Å². The summed E-state index contributed by atoms with van der Waals surface area (Å²) in [4.78, 5) is 22.5. The number of carbonyl (C=O) groups is 1. The predicted octanol–water partition coefficient (Wildman–Crippen LogP) is 12.4. The molecule has 2 saturated heterocycles. The van der Waals surface area contributed by atoms with Gasteiger partial charge in [0.15, 0.2) is 6.61 Å². The van der Waals surface area contributed by atoms with Crippen LogP contribution in [0.2, 0.25) is 0 Å². The van der Waals surface area contributed by atoms with E-state index in [4.69, 9.17) is 18.9 Å². The van der Waals surface area contributed by atoms with Crippen LogP contribution in [-0.2, 0) is 47.0 Å². The van der Waals surface area contributed by atoms with Gasteiger partial charge in [0.05, 0.1) is 26.4 Å². The van der Waals surface area contributed by atoms with E-state index in [1.54, 1.807) is 34.6 Å². The molecular weight excluding hydrogens is 972 g/mol. The zero-order valence-electron chi connectivity index (χ0n) is 41.6. The average Bonchev–Trinajstić information content (AvgIpc) is 3.39. The van der Waals surface area contributed by atoms with Crippen molar-refractivity contribution in [3.63, 3.8) is 0 Å². The molecule has 0 atom stereocenters. The number of morpholine rings is 2. The number of ether oxygens (including phenoxy) is 4. The molecule has 3 heterocycles. The Morgan fingerprint density at radius 3 is 1.58 bits per heavy atom. The van der Waals surface area contributed by atoms with Crippen molar-refractivity contribution in [2.75, 3.05) is 84.9 Å². The fraction of sp³-hybridized carbons (Fsp3) is 0.310. The number of benzene rings is 6. The molecule has 2 aliphatic rings. The first-order chi connectivity index (χ1) is 33.1. The van der Waals surface area contributed by atoms with Gasteiger partial charge in [0, 0.05) is 87.6 Å². The third-order valence-electron chi connectivity index (χ3n) is 10.5. The van der Waals surface area contributed by atoms with Gasteiger partial charge in [-0.05, 0) is 111 Å². The number of thioether (sulfide) groups is 2. The predicted molar refractivity (Wildman–Crippen MR) is 286 cm³/mol. The van der Waals surface area contributed by atoms with Gasteiger partial charge in [0.2, 0.25) is 0 Å². The van der Waals surface area contributed by atoms with Gasteiger partial charge in [0.1, 0.15) is 18.1 Å². The number of aryl methyl sites for hydroxylation is 5. The van der Waals surface area contributed by atoms with Crippen molar-refractivity contribution >= 4 is 40.2 Å². The Morgan fingerprint density at radius 1 is 0.580 bits per heavy atom. The largest absolute Gasteiger partial charge is 0.492 e. The Morgan fingerprint density at radius 2 is 1.09 bits per heavy atom. The summed E-state index contributed by atoms with van der Waals surface area (Å²) in [6.07, 6.45) is 7.79. The molecule has 0 N–H and O–H groups in total. The minimum Gasteiger partial charge on any atom is -0.492 e. The van der Waals surface area contributed by atoms with Crippen LogP contribution >= 0.6 is 23.5 Å². The molecule has 7 aromatic rings. The molecule has 0 unspecified atom stereocenters. The second-order valence-electron chi connectivity index (χ2n) is 16.0. The summed E-state index contributed by atoms with van der Waals surface area (Å²) in [6.45, 7) is 18.4. The third kappa shape index (κ3) is 25.8. The van der Waals surface area contributed by atoms with Gasteiger partial charge in [0.25, 0.3) is 5.91 Å². The van der Waals surface area contributed by atoms with E-state index >= 15 is 0 Å². The maximum absolute atomic E-state index is 11.8. The summed E-state index contributed by atoms with van der Waals surface area (Å²) in [5, 5.41) is 2.64. The number of amides is 1. The van der Waals surface area contributed by atoms with Crippen LogP contribution in [0.15, 0.2) is 174 Å². The summed E-state index contributed by atoms with van der Waals surface area (Å²) in [6, 6.07) is 54.2. The second-order valence-corrected chi connectivity index (χ2v) is 17.8. The standard InChI is InChI=1S/C13H17NO3.C13H19NO2.C11H10S.C8H10S.C7H7.C6H7N.Y/c1-11-2-4-12(5-3-11)17-10-13(15)14-6-8-16-9-7-14;1-12-2-4-13(5-3-12)16-11-8-14-6-9-15-10-7-14;1-12-11-7-6-9-4-2-3-5-10(9)8-11;1-7-3-5-8(9-2)6-4-7;1-7-5-3-2-4-6-7;1-6-3-2-4-7-5-6;/h2-5H,6-10H2,1H3;2-5H,6-11H2,1H3;2-8H,1H3;3-6H,1-2H3;3-6H,1H3;2-5H,1H3;/q;;;;-1;;. The number of aromatic nitrogens is 1. The van der Waals surface area contributed by atoms with Crippen LogP contribution in [0.4, 0.5) is 0 Å². The molecule has 1 amide bonds. The first kappa shape index (κ1) is 58.8.